The molecule has 2 rings (SSSR count). The molecule has 0 spiro atoms. The van der Waals surface area contributed by atoms with Gasteiger partial charge in [-0.3, -0.25) is 0 Å². The molecular formula is C15H21FN4. The molecule has 0 aliphatic carbocycles. The molecule has 0 amide bonds. The molecule has 1 heterocycles. The maximum absolute atomic E-state index is 13.8. The molecule has 0 aliphatic heterocycles. The van der Waals surface area contributed by atoms with Crippen LogP contribution >= 0.6 is 0 Å². The molecule has 108 valence electrons. The summed E-state index contributed by atoms with van der Waals surface area (Å²) in [4.78, 5) is 4.49. The number of benzene rings is 1. The fraction of sp³-hybridized carbons (Fsp3) is 0.467. The summed E-state index contributed by atoms with van der Waals surface area (Å²) in [6.45, 7) is 7.63. The van der Waals surface area contributed by atoms with Crippen molar-refractivity contribution in [3.63, 3.8) is 0 Å². The lowest BCUT2D eigenvalue weighted by atomic mass is 10.0. The SMILES string of the molecule is CCc1nc(CC)n(-c2cc(C)c(F)cc2[C@@H](C)N)n1. The van der Waals surface area contributed by atoms with Crippen molar-refractivity contribution in [2.24, 2.45) is 5.73 Å². The summed E-state index contributed by atoms with van der Waals surface area (Å²) >= 11 is 0. The molecule has 1 aromatic heterocycles. The molecule has 2 aromatic rings. The normalized spacial score (nSPS) is 12.7. The predicted molar refractivity (Wildman–Crippen MR) is 77.4 cm³/mol. The molecule has 0 saturated heterocycles. The zero-order valence-electron chi connectivity index (χ0n) is 12.4. The van der Waals surface area contributed by atoms with Crippen LogP contribution in [0.4, 0.5) is 4.39 Å². The average molecular weight is 276 g/mol. The number of rotatable bonds is 4. The Bertz CT molecular complexity index is 617. The zero-order chi connectivity index (χ0) is 14.9. The van der Waals surface area contributed by atoms with Crippen molar-refractivity contribution < 1.29 is 4.39 Å². The minimum Gasteiger partial charge on any atom is -0.324 e. The van der Waals surface area contributed by atoms with Gasteiger partial charge in [0.1, 0.15) is 11.6 Å². The minimum atomic E-state index is -0.265. The van der Waals surface area contributed by atoms with Gasteiger partial charge in [0.15, 0.2) is 5.82 Å². The Hall–Kier alpha value is -1.75. The van der Waals surface area contributed by atoms with Gasteiger partial charge >= 0.3 is 0 Å². The van der Waals surface area contributed by atoms with E-state index in [-0.39, 0.29) is 11.9 Å². The van der Waals surface area contributed by atoms with Gasteiger partial charge in [-0.2, -0.15) is 5.10 Å². The highest BCUT2D eigenvalue weighted by Gasteiger charge is 2.17. The summed E-state index contributed by atoms with van der Waals surface area (Å²) in [6, 6.07) is 3.03. The topological polar surface area (TPSA) is 56.7 Å². The first-order valence-corrected chi connectivity index (χ1v) is 6.98. The summed E-state index contributed by atoms with van der Waals surface area (Å²) in [5, 5.41) is 4.51. The van der Waals surface area contributed by atoms with Gasteiger partial charge in [-0.1, -0.05) is 13.8 Å². The van der Waals surface area contributed by atoms with Crippen LogP contribution in [-0.2, 0) is 12.8 Å². The second-order valence-electron chi connectivity index (χ2n) is 5.01. The number of halogens is 1. The number of hydrogen-bond donors (Lipinski definition) is 1. The summed E-state index contributed by atoms with van der Waals surface area (Å²) in [6.07, 6.45) is 1.54. The number of nitrogens with zero attached hydrogens (tertiary/aromatic N) is 3. The Kier molecular flexibility index (Phi) is 4.18. The van der Waals surface area contributed by atoms with Crippen LogP contribution in [0.2, 0.25) is 0 Å². The van der Waals surface area contributed by atoms with Gasteiger partial charge in [0, 0.05) is 18.9 Å². The summed E-state index contributed by atoms with van der Waals surface area (Å²) in [5.41, 5.74) is 8.12. The van der Waals surface area contributed by atoms with Crippen LogP contribution < -0.4 is 5.73 Å². The summed E-state index contributed by atoms with van der Waals surface area (Å²) < 4.78 is 15.6. The van der Waals surface area contributed by atoms with E-state index in [0.717, 1.165) is 35.7 Å². The Balaban J connectivity index is 2.67. The van der Waals surface area contributed by atoms with Crippen LogP contribution in [0.25, 0.3) is 5.69 Å². The van der Waals surface area contributed by atoms with Crippen LogP contribution in [0.1, 0.15) is 49.6 Å². The third kappa shape index (κ3) is 2.58. The van der Waals surface area contributed by atoms with Gasteiger partial charge < -0.3 is 5.73 Å². The Morgan fingerprint density at radius 2 is 2.00 bits per heavy atom. The van der Waals surface area contributed by atoms with E-state index in [9.17, 15) is 4.39 Å². The van der Waals surface area contributed by atoms with E-state index in [1.165, 1.54) is 6.07 Å². The lowest BCUT2D eigenvalue weighted by Crippen LogP contribution is -2.13. The second-order valence-corrected chi connectivity index (χ2v) is 5.01. The highest BCUT2D eigenvalue weighted by Crippen LogP contribution is 2.24. The van der Waals surface area contributed by atoms with E-state index in [2.05, 4.69) is 10.1 Å². The molecule has 2 N–H and O–H groups in total. The zero-order valence-corrected chi connectivity index (χ0v) is 12.4. The highest BCUT2D eigenvalue weighted by atomic mass is 19.1. The van der Waals surface area contributed by atoms with Gasteiger partial charge in [-0.15, -0.1) is 0 Å². The second kappa shape index (κ2) is 5.71. The molecule has 20 heavy (non-hydrogen) atoms. The van der Waals surface area contributed by atoms with Crippen LogP contribution in [0.3, 0.4) is 0 Å². The maximum atomic E-state index is 13.8. The Labute approximate surface area is 118 Å². The van der Waals surface area contributed by atoms with Crippen molar-refractivity contribution in [2.75, 3.05) is 0 Å². The molecule has 1 atom stereocenters. The summed E-state index contributed by atoms with van der Waals surface area (Å²) in [5.74, 6) is 1.42. The summed E-state index contributed by atoms with van der Waals surface area (Å²) in [7, 11) is 0. The molecule has 1 aromatic carbocycles. The van der Waals surface area contributed by atoms with Crippen molar-refractivity contribution in [1.82, 2.24) is 14.8 Å². The first-order chi connectivity index (χ1) is 9.47. The standard InChI is InChI=1S/C15H21FN4/c1-5-14-18-15(6-2)20(19-14)13-7-9(3)12(16)8-11(13)10(4)17/h7-8,10H,5-6,17H2,1-4H3/t10-/m1/s1. The maximum Gasteiger partial charge on any atom is 0.151 e. The first-order valence-electron chi connectivity index (χ1n) is 6.98. The smallest absolute Gasteiger partial charge is 0.151 e. The van der Waals surface area contributed by atoms with Crippen molar-refractivity contribution >= 4 is 0 Å². The monoisotopic (exact) mass is 276 g/mol. The van der Waals surface area contributed by atoms with Gasteiger partial charge in [0.05, 0.1) is 5.69 Å². The highest BCUT2D eigenvalue weighted by molar-refractivity contribution is 5.46. The van der Waals surface area contributed by atoms with Gasteiger partial charge in [-0.05, 0) is 37.1 Å². The van der Waals surface area contributed by atoms with Crippen LogP contribution in [-0.4, -0.2) is 14.8 Å². The number of nitrogens with two attached hydrogens (primary N) is 1. The fourth-order valence-corrected chi connectivity index (χ4v) is 2.19. The molecule has 0 aliphatic rings. The number of aromatic nitrogens is 3. The third-order valence-electron chi connectivity index (χ3n) is 3.38. The van der Waals surface area contributed by atoms with Crippen molar-refractivity contribution in [3.05, 3.63) is 40.7 Å². The van der Waals surface area contributed by atoms with Crippen molar-refractivity contribution in [3.8, 4) is 5.69 Å². The van der Waals surface area contributed by atoms with Crippen molar-refractivity contribution in [2.45, 2.75) is 46.6 Å². The lowest BCUT2D eigenvalue weighted by Gasteiger charge is -2.15. The molecule has 0 bridgehead atoms. The van der Waals surface area contributed by atoms with E-state index in [1.807, 2.05) is 20.8 Å². The number of hydrogen-bond acceptors (Lipinski definition) is 3. The molecule has 5 heteroatoms. The fourth-order valence-electron chi connectivity index (χ4n) is 2.19. The first kappa shape index (κ1) is 14.7. The Morgan fingerprint density at radius 1 is 1.30 bits per heavy atom. The minimum absolute atomic E-state index is 0.241. The van der Waals surface area contributed by atoms with E-state index in [0.29, 0.717) is 5.56 Å². The van der Waals surface area contributed by atoms with Crippen LogP contribution in [0.15, 0.2) is 12.1 Å². The van der Waals surface area contributed by atoms with E-state index < -0.39 is 0 Å². The van der Waals surface area contributed by atoms with E-state index in [1.54, 1.807) is 17.7 Å². The molecule has 0 radical (unpaired) electrons. The molecule has 0 unspecified atom stereocenters. The van der Waals surface area contributed by atoms with Gasteiger partial charge in [0.2, 0.25) is 0 Å². The van der Waals surface area contributed by atoms with Gasteiger partial charge in [0.25, 0.3) is 0 Å². The molecular weight excluding hydrogens is 255 g/mol. The van der Waals surface area contributed by atoms with E-state index in [4.69, 9.17) is 5.73 Å². The molecule has 0 fully saturated rings. The third-order valence-corrected chi connectivity index (χ3v) is 3.38. The van der Waals surface area contributed by atoms with Crippen LogP contribution in [0, 0.1) is 12.7 Å². The lowest BCUT2D eigenvalue weighted by molar-refractivity contribution is 0.610. The van der Waals surface area contributed by atoms with Gasteiger partial charge in [-0.25, -0.2) is 14.1 Å². The predicted octanol–water partition coefficient (Wildman–Crippen LogP) is 2.86. The number of aryl methyl sites for hydroxylation is 3. The molecule has 4 nitrogen and oxygen atoms in total. The quantitative estimate of drug-likeness (QED) is 0.934. The van der Waals surface area contributed by atoms with Crippen molar-refractivity contribution in [1.29, 1.82) is 0 Å². The molecule has 0 saturated carbocycles. The van der Waals surface area contributed by atoms with E-state index >= 15 is 0 Å². The Morgan fingerprint density at radius 3 is 2.55 bits per heavy atom. The van der Waals surface area contributed by atoms with Crippen LogP contribution in [0.5, 0.6) is 0 Å². The largest absolute Gasteiger partial charge is 0.324 e. The average Bonchev–Trinajstić information content (AvgIpc) is 2.84.